The van der Waals surface area contributed by atoms with Gasteiger partial charge in [-0.1, -0.05) is 44.5 Å². The standard InChI is InChI=1S/C35H43ClF2N2O5Si/c1-34(2,3)46(5,6)45-31-21-39(29-14-9-24(36)19-28(29)38)18-17-35(31,42)22-44-30-15-13-27(37)33-26(30)12-16-32(41)40(33)20-23-7-10-25(43-4)11-8-23/h7-11,13-15,19,31,42H,12,16-18,20-22H2,1-6H3/t31-,35+/m1/s1. The van der Waals surface area contributed by atoms with Crippen molar-refractivity contribution in [3.63, 3.8) is 0 Å². The predicted molar refractivity (Wildman–Crippen MR) is 180 cm³/mol. The van der Waals surface area contributed by atoms with E-state index in [0.29, 0.717) is 40.7 Å². The molecule has 3 aromatic carbocycles. The summed E-state index contributed by atoms with van der Waals surface area (Å²) in [7, 11) is -0.811. The summed E-state index contributed by atoms with van der Waals surface area (Å²) in [5.74, 6) is -0.0298. The summed E-state index contributed by atoms with van der Waals surface area (Å²) in [5.41, 5.74) is 0.587. The number of hydrogen-bond acceptors (Lipinski definition) is 6. The third-order valence-corrected chi connectivity index (χ3v) is 14.3. The molecule has 46 heavy (non-hydrogen) atoms. The Bertz CT molecular complexity index is 1580. The van der Waals surface area contributed by atoms with Crippen molar-refractivity contribution in [1.82, 2.24) is 0 Å². The van der Waals surface area contributed by atoms with Gasteiger partial charge in [-0.25, -0.2) is 8.78 Å². The number of hydrogen-bond donors (Lipinski definition) is 1. The van der Waals surface area contributed by atoms with Crippen LogP contribution in [0, 0.1) is 11.6 Å². The van der Waals surface area contributed by atoms with Gasteiger partial charge >= 0.3 is 0 Å². The van der Waals surface area contributed by atoms with Gasteiger partial charge in [0.1, 0.15) is 35.3 Å². The summed E-state index contributed by atoms with van der Waals surface area (Å²) < 4.78 is 48.7. The first-order valence-electron chi connectivity index (χ1n) is 15.6. The molecule has 0 aliphatic carbocycles. The molecule has 5 rings (SSSR count). The molecule has 3 aromatic rings. The number of piperidine rings is 1. The molecule has 248 valence electrons. The van der Waals surface area contributed by atoms with Gasteiger partial charge in [-0.05, 0) is 79.0 Å². The van der Waals surface area contributed by atoms with Crippen LogP contribution in [-0.2, 0) is 22.2 Å². The van der Waals surface area contributed by atoms with Crippen LogP contribution in [0.25, 0.3) is 0 Å². The normalized spacial score (nSPS) is 20.5. The monoisotopic (exact) mass is 672 g/mol. The molecular weight excluding hydrogens is 630 g/mol. The minimum Gasteiger partial charge on any atom is -0.497 e. The summed E-state index contributed by atoms with van der Waals surface area (Å²) in [5, 5.41) is 12.3. The average molecular weight is 673 g/mol. The third-order valence-electron chi connectivity index (χ3n) is 9.62. The fourth-order valence-electron chi connectivity index (χ4n) is 5.78. The maximum Gasteiger partial charge on any atom is 0.227 e. The highest BCUT2D eigenvalue weighted by molar-refractivity contribution is 6.74. The number of ether oxygens (including phenoxy) is 2. The Balaban J connectivity index is 1.41. The maximum absolute atomic E-state index is 15.4. The predicted octanol–water partition coefficient (Wildman–Crippen LogP) is 7.52. The van der Waals surface area contributed by atoms with E-state index in [0.717, 1.165) is 5.56 Å². The van der Waals surface area contributed by atoms with Crippen LogP contribution in [0.4, 0.5) is 20.2 Å². The number of carbonyl (C=O) groups is 1. The zero-order valence-corrected chi connectivity index (χ0v) is 29.1. The molecule has 0 spiro atoms. The van der Waals surface area contributed by atoms with Crippen molar-refractivity contribution in [3.8, 4) is 11.5 Å². The van der Waals surface area contributed by atoms with E-state index in [4.69, 9.17) is 25.5 Å². The number of fused-ring (bicyclic) bond motifs is 1. The van der Waals surface area contributed by atoms with Crippen molar-refractivity contribution in [2.75, 3.05) is 36.6 Å². The number of benzene rings is 3. The van der Waals surface area contributed by atoms with E-state index in [1.807, 2.05) is 17.0 Å². The van der Waals surface area contributed by atoms with Gasteiger partial charge < -0.3 is 28.8 Å². The van der Waals surface area contributed by atoms with Crippen molar-refractivity contribution in [3.05, 3.63) is 82.4 Å². The first kappa shape index (κ1) is 34.2. The van der Waals surface area contributed by atoms with Crippen LogP contribution in [0.15, 0.2) is 54.6 Å². The molecule has 1 saturated heterocycles. The van der Waals surface area contributed by atoms with Gasteiger partial charge in [-0.15, -0.1) is 0 Å². The number of methoxy groups -OCH3 is 1. The minimum absolute atomic E-state index is 0.117. The van der Waals surface area contributed by atoms with E-state index in [1.165, 1.54) is 17.0 Å². The van der Waals surface area contributed by atoms with Crippen molar-refractivity contribution in [1.29, 1.82) is 0 Å². The molecule has 2 aliphatic heterocycles. The lowest BCUT2D eigenvalue weighted by Crippen LogP contribution is -2.63. The van der Waals surface area contributed by atoms with E-state index >= 15 is 4.39 Å². The largest absolute Gasteiger partial charge is 0.497 e. The van der Waals surface area contributed by atoms with E-state index < -0.39 is 31.7 Å². The number of aliphatic hydroxyl groups is 1. The summed E-state index contributed by atoms with van der Waals surface area (Å²) in [6.07, 6.45) is 0.0691. The van der Waals surface area contributed by atoms with Crippen LogP contribution in [0.3, 0.4) is 0 Å². The van der Waals surface area contributed by atoms with Crippen LogP contribution in [0.2, 0.25) is 23.2 Å². The number of amides is 1. The topological polar surface area (TPSA) is 71.5 Å². The second-order valence-corrected chi connectivity index (χ2v) is 18.9. The summed E-state index contributed by atoms with van der Waals surface area (Å²) in [4.78, 5) is 16.4. The van der Waals surface area contributed by atoms with Gasteiger partial charge in [0.15, 0.2) is 8.32 Å². The lowest BCUT2D eigenvalue weighted by molar-refractivity contribution is -0.119. The van der Waals surface area contributed by atoms with Gasteiger partial charge in [0.25, 0.3) is 0 Å². The second-order valence-electron chi connectivity index (χ2n) is 13.8. The van der Waals surface area contributed by atoms with E-state index in [2.05, 4.69) is 33.9 Å². The first-order chi connectivity index (χ1) is 21.6. The quantitative estimate of drug-likeness (QED) is 0.237. The molecule has 2 aliphatic rings. The second kappa shape index (κ2) is 13.1. The molecular formula is C35H43ClF2N2O5Si. The lowest BCUT2D eigenvalue weighted by atomic mass is 9.89. The molecule has 0 unspecified atom stereocenters. The molecule has 2 atom stereocenters. The maximum atomic E-state index is 15.4. The molecule has 2 heterocycles. The Morgan fingerprint density at radius 3 is 2.41 bits per heavy atom. The van der Waals surface area contributed by atoms with Crippen LogP contribution < -0.4 is 19.3 Å². The van der Waals surface area contributed by atoms with Gasteiger partial charge in [0, 0.05) is 30.1 Å². The lowest BCUT2D eigenvalue weighted by Gasteiger charge is -2.49. The van der Waals surface area contributed by atoms with Crippen LogP contribution >= 0.6 is 11.6 Å². The minimum atomic E-state index is -2.39. The van der Waals surface area contributed by atoms with Gasteiger partial charge in [0.2, 0.25) is 5.91 Å². The smallest absolute Gasteiger partial charge is 0.227 e. The van der Waals surface area contributed by atoms with E-state index in [-0.39, 0.29) is 49.2 Å². The highest BCUT2D eigenvalue weighted by atomic mass is 35.5. The zero-order valence-electron chi connectivity index (χ0n) is 27.3. The molecule has 0 bridgehead atoms. The van der Waals surface area contributed by atoms with Crippen molar-refractivity contribution in [2.45, 2.75) is 76.4 Å². The SMILES string of the molecule is COc1ccc(CN2C(=O)CCc3c(OC[C@@]4(O)CCN(c5ccc(Cl)cc5F)C[C@H]4O[Si](C)(C)C(C)(C)C)ccc(F)c32)cc1. The van der Waals surface area contributed by atoms with E-state index in [9.17, 15) is 14.3 Å². The van der Waals surface area contributed by atoms with Gasteiger partial charge in [-0.2, -0.15) is 0 Å². The van der Waals surface area contributed by atoms with Crippen LogP contribution in [0.5, 0.6) is 11.5 Å². The summed E-state index contributed by atoms with van der Waals surface area (Å²) in [6, 6.07) is 14.7. The third kappa shape index (κ3) is 7.05. The Hall–Kier alpha value is -3.18. The molecule has 11 heteroatoms. The van der Waals surface area contributed by atoms with Crippen LogP contribution in [0.1, 0.15) is 44.7 Å². The molecule has 1 amide bonds. The van der Waals surface area contributed by atoms with Crippen LogP contribution in [-0.4, -0.2) is 57.8 Å². The number of rotatable bonds is 9. The Kier molecular flexibility index (Phi) is 9.76. The molecule has 1 N–H and O–H groups in total. The fourth-order valence-corrected chi connectivity index (χ4v) is 7.30. The Morgan fingerprint density at radius 2 is 1.76 bits per heavy atom. The molecule has 1 fully saturated rings. The van der Waals surface area contributed by atoms with Crippen molar-refractivity contribution < 1.29 is 32.6 Å². The number of anilines is 2. The summed E-state index contributed by atoms with van der Waals surface area (Å²) in [6.45, 7) is 11.3. The summed E-state index contributed by atoms with van der Waals surface area (Å²) >= 11 is 6.01. The first-order valence-corrected chi connectivity index (χ1v) is 18.9. The zero-order chi connectivity index (χ0) is 33.4. The Morgan fingerprint density at radius 1 is 1.04 bits per heavy atom. The number of halogens is 3. The fraction of sp³-hybridized carbons (Fsp3) is 0.457. The van der Waals surface area contributed by atoms with E-state index in [1.54, 1.807) is 37.4 Å². The molecule has 0 saturated carbocycles. The molecule has 0 radical (unpaired) electrons. The van der Waals surface area contributed by atoms with Crippen molar-refractivity contribution in [2.24, 2.45) is 0 Å². The van der Waals surface area contributed by atoms with Crippen molar-refractivity contribution >= 4 is 37.2 Å². The van der Waals surface area contributed by atoms with Gasteiger partial charge in [0.05, 0.1) is 31.1 Å². The highest BCUT2D eigenvalue weighted by Crippen LogP contribution is 2.42. The Labute approximate surface area is 276 Å². The average Bonchev–Trinajstić information content (AvgIpc) is 2.99. The number of carbonyl (C=O) groups excluding carboxylic acids is 1. The molecule has 7 nitrogen and oxygen atoms in total. The number of nitrogens with zero attached hydrogens (tertiary/aromatic N) is 2. The van der Waals surface area contributed by atoms with Gasteiger partial charge in [-0.3, -0.25) is 4.79 Å². The highest BCUT2D eigenvalue weighted by Gasteiger charge is 2.49. The molecule has 0 aromatic heterocycles.